The number of nitrogens with zero attached hydrogens (tertiary/aromatic N) is 4. The Morgan fingerprint density at radius 1 is 0.413 bits per heavy atom. The van der Waals surface area contributed by atoms with Crippen LogP contribution in [-0.4, -0.2) is 0 Å². The molecule has 0 spiro atoms. The zero-order valence-electron chi connectivity index (χ0n) is 22.3. The van der Waals surface area contributed by atoms with Gasteiger partial charge in [0.2, 0.25) is 0 Å². The Morgan fingerprint density at radius 3 is 0.978 bits per heavy atom. The molecule has 0 aliphatic heterocycles. The van der Waals surface area contributed by atoms with E-state index in [1.807, 2.05) is 0 Å². The molecule has 230 valence electrons. The first-order valence-electron chi connectivity index (χ1n) is 11.9. The van der Waals surface area contributed by atoms with E-state index >= 15 is 8.78 Å². The second kappa shape index (κ2) is 11.5. The van der Waals surface area contributed by atoms with Crippen molar-refractivity contribution in [1.82, 2.24) is 0 Å². The van der Waals surface area contributed by atoms with Crippen molar-refractivity contribution in [3.05, 3.63) is 120 Å². The van der Waals surface area contributed by atoms with E-state index in [0.717, 1.165) is 24.3 Å². The highest BCUT2D eigenvalue weighted by atomic mass is 19.2. The molecule has 46 heavy (non-hydrogen) atoms. The van der Waals surface area contributed by atoms with Gasteiger partial charge in [0, 0.05) is 16.7 Å². The van der Waals surface area contributed by atoms with Crippen molar-refractivity contribution >= 4 is 16.7 Å². The molecular weight excluding hydrogens is 644 g/mol. The van der Waals surface area contributed by atoms with Crippen molar-refractivity contribution in [1.29, 1.82) is 21.0 Å². The van der Waals surface area contributed by atoms with Gasteiger partial charge in [-0.2, -0.15) is 21.0 Å². The van der Waals surface area contributed by atoms with Gasteiger partial charge in [-0.05, 0) is 25.0 Å². The first-order valence-corrected chi connectivity index (χ1v) is 11.9. The zero-order valence-corrected chi connectivity index (χ0v) is 22.3. The molecule has 1 fully saturated rings. The number of allylic oxidation sites excluding steroid dienone is 6. The summed E-state index contributed by atoms with van der Waals surface area (Å²) in [7, 11) is 0. The van der Waals surface area contributed by atoms with Crippen LogP contribution in [-0.2, 0) is 0 Å². The van der Waals surface area contributed by atoms with Crippen molar-refractivity contribution < 1.29 is 52.7 Å². The molecule has 0 radical (unpaired) electrons. The number of halogens is 12. The summed E-state index contributed by atoms with van der Waals surface area (Å²) in [5.41, 5.74) is -17.8. The molecule has 3 aromatic rings. The van der Waals surface area contributed by atoms with Crippen LogP contribution in [0.4, 0.5) is 52.7 Å². The Balaban J connectivity index is 2.32. The fraction of sp³-hybridized carbons (Fsp3) is 0.0667. The van der Waals surface area contributed by atoms with Gasteiger partial charge in [0.25, 0.3) is 0 Å². The number of nitriles is 4. The Morgan fingerprint density at radius 2 is 0.696 bits per heavy atom. The van der Waals surface area contributed by atoms with Gasteiger partial charge in [-0.3, -0.25) is 0 Å². The van der Waals surface area contributed by atoms with Crippen molar-refractivity contribution in [2.75, 3.05) is 0 Å². The minimum Gasteiger partial charge on any atom is -0.203 e. The molecule has 4 nitrogen and oxygen atoms in total. The summed E-state index contributed by atoms with van der Waals surface area (Å²) in [6, 6.07) is 3.84. The van der Waals surface area contributed by atoms with E-state index in [4.69, 9.17) is 10.5 Å². The second-order valence-corrected chi connectivity index (χ2v) is 9.22. The summed E-state index contributed by atoms with van der Waals surface area (Å²) in [6.45, 7) is 1.18. The standard InChI is InChI=1S/C30H6F12N4/c1-7(14-25(37)21(33)11(5-45)22(34)26(14)38)13-15(9(3-43)17-27(39)19(31)8(2)20(32)28(17)40)16(13)10(4-44)18-29(41)23(35)12(6-46)24(36)30(18)42/h1-2H3. The molecule has 0 amide bonds. The van der Waals surface area contributed by atoms with Gasteiger partial charge in [0.1, 0.15) is 35.4 Å². The quantitative estimate of drug-likeness (QED) is 0.162. The van der Waals surface area contributed by atoms with E-state index in [9.17, 15) is 54.4 Å². The van der Waals surface area contributed by atoms with E-state index < -0.39 is 137 Å². The lowest BCUT2D eigenvalue weighted by atomic mass is 9.99. The van der Waals surface area contributed by atoms with Gasteiger partial charge in [0.15, 0.2) is 69.8 Å². The lowest BCUT2D eigenvalue weighted by Crippen LogP contribution is -2.06. The highest BCUT2D eigenvalue weighted by Crippen LogP contribution is 2.57. The van der Waals surface area contributed by atoms with Gasteiger partial charge < -0.3 is 0 Å². The fourth-order valence-electron chi connectivity index (χ4n) is 4.63. The normalized spacial score (nSPS) is 15.4. The molecule has 16 heteroatoms. The molecular formula is C30H6F12N4. The summed E-state index contributed by atoms with van der Waals surface area (Å²) in [4.78, 5) is 0. The number of benzene rings is 3. The maximum Gasteiger partial charge on any atom is 0.180 e. The Kier molecular flexibility index (Phi) is 8.22. The van der Waals surface area contributed by atoms with Crippen molar-refractivity contribution in [2.45, 2.75) is 13.8 Å². The van der Waals surface area contributed by atoms with Crippen molar-refractivity contribution in [2.24, 2.45) is 0 Å². The van der Waals surface area contributed by atoms with Crippen LogP contribution in [0.3, 0.4) is 0 Å². The molecule has 0 saturated heterocycles. The summed E-state index contributed by atoms with van der Waals surface area (Å²) in [5, 5.41) is 37.3. The molecule has 1 saturated carbocycles. The molecule has 0 atom stereocenters. The van der Waals surface area contributed by atoms with Gasteiger partial charge in [-0.25, -0.2) is 52.7 Å². The molecule has 1 aliphatic carbocycles. The zero-order chi connectivity index (χ0) is 34.7. The Bertz CT molecular complexity index is 2150. The van der Waals surface area contributed by atoms with Crippen LogP contribution < -0.4 is 0 Å². The highest BCUT2D eigenvalue weighted by Gasteiger charge is 2.45. The first-order chi connectivity index (χ1) is 21.5. The minimum absolute atomic E-state index is 0.588. The summed E-state index contributed by atoms with van der Waals surface area (Å²) < 4.78 is 177. The minimum atomic E-state index is -2.42. The third-order valence-corrected chi connectivity index (χ3v) is 6.89. The molecule has 0 unspecified atom stereocenters. The lowest BCUT2D eigenvalue weighted by molar-refractivity contribution is 0.442. The van der Waals surface area contributed by atoms with Crippen LogP contribution in [0, 0.1) is 122 Å². The van der Waals surface area contributed by atoms with Gasteiger partial charge >= 0.3 is 0 Å². The van der Waals surface area contributed by atoms with Crippen LogP contribution in [0.2, 0.25) is 0 Å². The molecule has 4 rings (SSSR count). The van der Waals surface area contributed by atoms with Crippen molar-refractivity contribution in [3.63, 3.8) is 0 Å². The maximum atomic E-state index is 15.0. The monoisotopic (exact) mass is 650 g/mol. The van der Waals surface area contributed by atoms with Gasteiger partial charge in [-0.15, -0.1) is 0 Å². The van der Waals surface area contributed by atoms with E-state index in [2.05, 4.69) is 0 Å². The second-order valence-electron chi connectivity index (χ2n) is 9.22. The highest BCUT2D eigenvalue weighted by molar-refractivity contribution is 6.10. The van der Waals surface area contributed by atoms with Gasteiger partial charge in [-0.1, -0.05) is 0 Å². The van der Waals surface area contributed by atoms with E-state index in [1.165, 1.54) is 0 Å². The third-order valence-electron chi connectivity index (χ3n) is 6.89. The van der Waals surface area contributed by atoms with Crippen LogP contribution in [0.25, 0.3) is 16.7 Å². The lowest BCUT2D eigenvalue weighted by Gasteiger charge is -2.09. The average Bonchev–Trinajstić information content (AvgIpc) is 3.76. The van der Waals surface area contributed by atoms with E-state index in [0.29, 0.717) is 13.8 Å². The summed E-state index contributed by atoms with van der Waals surface area (Å²) in [6.07, 6.45) is 0. The summed E-state index contributed by atoms with van der Waals surface area (Å²) in [5.74, 6) is -27.3. The summed E-state index contributed by atoms with van der Waals surface area (Å²) >= 11 is 0. The molecule has 0 N–H and O–H groups in total. The third kappa shape index (κ3) is 4.46. The number of hydrogen-bond acceptors (Lipinski definition) is 4. The smallest absolute Gasteiger partial charge is 0.180 e. The maximum absolute atomic E-state index is 15.0. The van der Waals surface area contributed by atoms with Crippen LogP contribution in [0.1, 0.15) is 40.3 Å². The molecule has 0 heterocycles. The first kappa shape index (κ1) is 32.9. The Hall–Kier alpha value is -6.00. The molecule has 0 aromatic heterocycles. The predicted octanol–water partition coefficient (Wildman–Crippen LogP) is 8.15. The van der Waals surface area contributed by atoms with Crippen LogP contribution in [0.5, 0.6) is 0 Å². The fourth-order valence-corrected chi connectivity index (χ4v) is 4.63. The van der Waals surface area contributed by atoms with E-state index in [1.54, 1.807) is 0 Å². The molecule has 0 bridgehead atoms. The predicted molar refractivity (Wildman–Crippen MR) is 131 cm³/mol. The number of hydrogen-bond donors (Lipinski definition) is 0. The SMILES string of the molecule is CC(=C1C(=C(C#N)c2c(F)c(F)c(C)c(F)c2F)C1=C(C#N)c1c(F)c(F)c(C#N)c(F)c1F)c1c(F)c(F)c(C#N)c(F)c1F. The molecule has 3 aromatic carbocycles. The topological polar surface area (TPSA) is 95.2 Å². The van der Waals surface area contributed by atoms with Crippen LogP contribution >= 0.6 is 0 Å². The van der Waals surface area contributed by atoms with Crippen molar-refractivity contribution in [3.8, 4) is 24.3 Å². The molecule has 1 aliphatic rings. The largest absolute Gasteiger partial charge is 0.203 e. The number of rotatable bonds is 3. The van der Waals surface area contributed by atoms with E-state index in [-0.39, 0.29) is 0 Å². The van der Waals surface area contributed by atoms with Crippen LogP contribution in [0.15, 0.2) is 16.7 Å². The van der Waals surface area contributed by atoms with Gasteiger partial charge in [0.05, 0.1) is 27.8 Å². The Labute approximate surface area is 248 Å². The average molecular weight is 650 g/mol.